The summed E-state index contributed by atoms with van der Waals surface area (Å²) < 4.78 is 0.516. The maximum Gasteiger partial charge on any atom is 0.313 e. The molecule has 0 aliphatic carbocycles. The molecule has 0 spiro atoms. The molecule has 0 unspecified atom stereocenters. The molecule has 0 bridgehead atoms. The minimum atomic E-state index is -0.917. The lowest BCUT2D eigenvalue weighted by atomic mass is 10.1. The van der Waals surface area contributed by atoms with Crippen molar-refractivity contribution in [1.82, 2.24) is 10.2 Å². The third kappa shape index (κ3) is 4.63. The predicted molar refractivity (Wildman–Crippen MR) is 77.0 cm³/mol. The van der Waals surface area contributed by atoms with Crippen LogP contribution in [0.25, 0.3) is 0 Å². The number of carboxylic acids is 1. The summed E-state index contributed by atoms with van der Waals surface area (Å²) in [6.07, 6.45) is 0.262. The number of anilines is 1. The van der Waals surface area contributed by atoms with Gasteiger partial charge in [-0.15, -0.1) is 10.2 Å². The highest BCUT2D eigenvalue weighted by atomic mass is 32.2. The fourth-order valence-electron chi connectivity index (χ4n) is 1.39. The smallest absolute Gasteiger partial charge is 0.313 e. The normalized spacial score (nSPS) is 10.2. The number of carboxylic acid groups (broad SMARTS) is 1. The summed E-state index contributed by atoms with van der Waals surface area (Å²) in [5, 5.41) is 19.2. The van der Waals surface area contributed by atoms with E-state index in [0.29, 0.717) is 9.47 Å². The van der Waals surface area contributed by atoms with Crippen molar-refractivity contribution in [3.8, 4) is 0 Å². The number of thioether (sulfide) groups is 1. The number of nitrogens with one attached hydrogen (secondary N) is 1. The van der Waals surface area contributed by atoms with Gasteiger partial charge in [0.15, 0.2) is 4.34 Å². The Morgan fingerprint density at radius 1 is 1.25 bits per heavy atom. The van der Waals surface area contributed by atoms with Crippen molar-refractivity contribution in [2.45, 2.75) is 10.8 Å². The van der Waals surface area contributed by atoms with Crippen molar-refractivity contribution in [3.63, 3.8) is 0 Å². The molecule has 0 atom stereocenters. The first-order chi connectivity index (χ1) is 9.63. The third-order valence-electron chi connectivity index (χ3n) is 2.18. The molecule has 104 valence electrons. The van der Waals surface area contributed by atoms with Crippen molar-refractivity contribution in [3.05, 3.63) is 35.9 Å². The number of benzene rings is 1. The van der Waals surface area contributed by atoms with Crippen LogP contribution in [0.15, 0.2) is 34.7 Å². The summed E-state index contributed by atoms with van der Waals surface area (Å²) in [6.45, 7) is 0. The molecule has 1 amide bonds. The zero-order valence-electron chi connectivity index (χ0n) is 10.3. The van der Waals surface area contributed by atoms with E-state index in [2.05, 4.69) is 15.5 Å². The Labute approximate surface area is 123 Å². The average Bonchev–Trinajstić information content (AvgIpc) is 2.85. The van der Waals surface area contributed by atoms with Gasteiger partial charge in [-0.25, -0.2) is 0 Å². The van der Waals surface area contributed by atoms with E-state index in [1.165, 1.54) is 0 Å². The fourth-order valence-corrected chi connectivity index (χ4v) is 2.88. The van der Waals surface area contributed by atoms with E-state index in [0.717, 1.165) is 28.7 Å². The second-order valence-corrected chi connectivity index (χ2v) is 5.97. The third-order valence-corrected chi connectivity index (χ3v) is 4.14. The topological polar surface area (TPSA) is 92.2 Å². The first kappa shape index (κ1) is 14.5. The Kier molecular flexibility index (Phi) is 5.08. The molecule has 2 N–H and O–H groups in total. The molecule has 1 aromatic heterocycles. The molecular weight excluding hydrogens is 298 g/mol. The average molecular weight is 309 g/mol. The second kappa shape index (κ2) is 7.01. The number of hydrogen-bond acceptors (Lipinski definition) is 6. The molecular formula is C12H11N3O3S2. The summed E-state index contributed by atoms with van der Waals surface area (Å²) in [5.74, 6) is -1.17. The van der Waals surface area contributed by atoms with Crippen LogP contribution in [0.1, 0.15) is 5.56 Å². The number of aliphatic carboxylic acids is 1. The van der Waals surface area contributed by atoms with E-state index < -0.39 is 5.97 Å². The van der Waals surface area contributed by atoms with E-state index in [1.54, 1.807) is 0 Å². The number of carbonyl (C=O) groups is 2. The van der Waals surface area contributed by atoms with Crippen molar-refractivity contribution in [2.75, 3.05) is 11.1 Å². The van der Waals surface area contributed by atoms with Crippen LogP contribution < -0.4 is 5.32 Å². The van der Waals surface area contributed by atoms with Gasteiger partial charge in [0.2, 0.25) is 11.0 Å². The highest BCUT2D eigenvalue weighted by molar-refractivity contribution is 8.01. The second-order valence-electron chi connectivity index (χ2n) is 3.77. The van der Waals surface area contributed by atoms with Crippen molar-refractivity contribution in [2.24, 2.45) is 0 Å². The van der Waals surface area contributed by atoms with Gasteiger partial charge in [0, 0.05) is 0 Å². The van der Waals surface area contributed by atoms with Crippen LogP contribution in [0.2, 0.25) is 0 Å². The highest BCUT2D eigenvalue weighted by Crippen LogP contribution is 2.25. The highest BCUT2D eigenvalue weighted by Gasteiger charge is 2.10. The SMILES string of the molecule is O=C(O)CSc1nnc(NC(=O)Cc2ccccc2)s1. The number of aromatic nitrogens is 2. The van der Waals surface area contributed by atoms with Crippen molar-refractivity contribution in [1.29, 1.82) is 0 Å². The maximum atomic E-state index is 11.8. The Hall–Kier alpha value is -1.93. The first-order valence-electron chi connectivity index (χ1n) is 5.65. The van der Waals surface area contributed by atoms with Crippen LogP contribution in [0.4, 0.5) is 5.13 Å². The standard InChI is InChI=1S/C12H11N3O3S2/c16-9(6-8-4-2-1-3-5-8)13-11-14-15-12(20-11)19-7-10(17)18/h1-5H,6-7H2,(H,17,18)(H,13,14,16). The molecule has 1 heterocycles. The van der Waals surface area contributed by atoms with E-state index in [4.69, 9.17) is 5.11 Å². The van der Waals surface area contributed by atoms with Crippen LogP contribution in [0.5, 0.6) is 0 Å². The number of carbonyl (C=O) groups excluding carboxylic acids is 1. The molecule has 0 fully saturated rings. The lowest BCUT2D eigenvalue weighted by molar-refractivity contribution is -0.133. The lowest BCUT2D eigenvalue weighted by Gasteiger charge is -2.00. The molecule has 2 aromatic rings. The minimum absolute atomic E-state index is 0.0768. The van der Waals surface area contributed by atoms with E-state index in [1.807, 2.05) is 30.3 Å². The molecule has 8 heteroatoms. The summed E-state index contributed by atoms with van der Waals surface area (Å²) in [5.41, 5.74) is 0.912. The van der Waals surface area contributed by atoms with Crippen LogP contribution in [-0.4, -0.2) is 32.9 Å². The molecule has 0 saturated heterocycles. The fraction of sp³-hybridized carbons (Fsp3) is 0.167. The Balaban J connectivity index is 1.87. The van der Waals surface area contributed by atoms with Gasteiger partial charge in [-0.05, 0) is 5.56 Å². The number of amides is 1. The minimum Gasteiger partial charge on any atom is -0.481 e. The Morgan fingerprint density at radius 2 is 2.00 bits per heavy atom. The number of nitrogens with zero attached hydrogens (tertiary/aromatic N) is 2. The molecule has 0 aliphatic rings. The van der Waals surface area contributed by atoms with Crippen LogP contribution in [0.3, 0.4) is 0 Å². The number of rotatable bonds is 6. The molecule has 1 aromatic carbocycles. The molecule has 6 nitrogen and oxygen atoms in total. The van der Waals surface area contributed by atoms with Crippen LogP contribution in [0, 0.1) is 0 Å². The first-order valence-corrected chi connectivity index (χ1v) is 7.45. The molecule has 0 saturated carbocycles. The van der Waals surface area contributed by atoms with E-state index in [-0.39, 0.29) is 18.1 Å². The monoisotopic (exact) mass is 309 g/mol. The van der Waals surface area contributed by atoms with E-state index >= 15 is 0 Å². The zero-order chi connectivity index (χ0) is 14.4. The summed E-state index contributed by atoms with van der Waals surface area (Å²) in [7, 11) is 0. The van der Waals surface area contributed by atoms with Gasteiger partial charge in [0.05, 0.1) is 12.2 Å². The quantitative estimate of drug-likeness (QED) is 0.625. The summed E-state index contributed by atoms with van der Waals surface area (Å²) in [6, 6.07) is 9.36. The largest absolute Gasteiger partial charge is 0.481 e. The Morgan fingerprint density at radius 3 is 2.70 bits per heavy atom. The molecule has 20 heavy (non-hydrogen) atoms. The van der Waals surface area contributed by atoms with Gasteiger partial charge in [-0.3, -0.25) is 9.59 Å². The predicted octanol–water partition coefficient (Wildman–Crippen LogP) is 1.90. The van der Waals surface area contributed by atoms with Gasteiger partial charge in [-0.2, -0.15) is 0 Å². The summed E-state index contributed by atoms with van der Waals surface area (Å²) in [4.78, 5) is 22.2. The van der Waals surface area contributed by atoms with Gasteiger partial charge in [0.1, 0.15) is 0 Å². The molecule has 2 rings (SSSR count). The maximum absolute atomic E-state index is 11.8. The summed E-state index contributed by atoms with van der Waals surface area (Å²) >= 11 is 2.23. The van der Waals surface area contributed by atoms with Crippen LogP contribution in [-0.2, 0) is 16.0 Å². The molecule has 0 radical (unpaired) electrons. The van der Waals surface area contributed by atoms with Crippen molar-refractivity contribution < 1.29 is 14.7 Å². The van der Waals surface area contributed by atoms with E-state index in [9.17, 15) is 9.59 Å². The van der Waals surface area contributed by atoms with Crippen LogP contribution >= 0.6 is 23.1 Å². The van der Waals surface area contributed by atoms with Gasteiger partial charge < -0.3 is 10.4 Å². The van der Waals surface area contributed by atoms with Crippen molar-refractivity contribution >= 4 is 40.1 Å². The van der Waals surface area contributed by atoms with Gasteiger partial charge >= 0.3 is 5.97 Å². The van der Waals surface area contributed by atoms with Gasteiger partial charge in [-0.1, -0.05) is 53.4 Å². The van der Waals surface area contributed by atoms with Gasteiger partial charge in [0.25, 0.3) is 0 Å². The zero-order valence-corrected chi connectivity index (χ0v) is 11.9. The molecule has 0 aliphatic heterocycles. The lowest BCUT2D eigenvalue weighted by Crippen LogP contribution is -2.14. The Bertz CT molecular complexity index is 601. The number of hydrogen-bond donors (Lipinski definition) is 2.